The van der Waals surface area contributed by atoms with Crippen molar-refractivity contribution >= 4 is 23.6 Å². The van der Waals surface area contributed by atoms with E-state index in [0.29, 0.717) is 0 Å². The summed E-state index contributed by atoms with van der Waals surface area (Å²) in [6.07, 6.45) is -25.2. The number of hydrogen-bond donors (Lipinski definition) is 20. The molecule has 20 N–H and O–H groups in total. The average Bonchev–Trinajstić information content (AvgIpc) is 3.37. The molecule has 398 valence electrons. The van der Waals surface area contributed by atoms with Gasteiger partial charge in [-0.3, -0.25) is 19.2 Å². The number of carbonyl (C=O) groups is 4. The van der Waals surface area contributed by atoms with Gasteiger partial charge < -0.3 is 112 Å². The molecular formula is C46H62N4O22. The molecule has 0 bridgehead atoms. The summed E-state index contributed by atoms with van der Waals surface area (Å²) in [6, 6.07) is 17.9. The molecule has 4 amide bonds. The summed E-state index contributed by atoms with van der Waals surface area (Å²) in [5.41, 5.74) is -15.0. The van der Waals surface area contributed by atoms with Gasteiger partial charge in [-0.25, -0.2) is 0 Å². The summed E-state index contributed by atoms with van der Waals surface area (Å²) in [5, 5.41) is 185. The van der Waals surface area contributed by atoms with Crippen molar-refractivity contribution < 1.29 is 113 Å². The van der Waals surface area contributed by atoms with Crippen LogP contribution in [0.2, 0.25) is 0 Å². The molecule has 0 unspecified atom stereocenters. The molecule has 2 aliphatic heterocycles. The standard InChI is InChI=1S/C46H62N4O22/c1-23(53)35(59)29(55)17-33(57)47-45(69)43(67,41(65,37(61)31(21-51)71-45)19-25-9-5-3-6-10-25)49-39(63)27-13-15-28(16-14-27)40(64)50-44(68)42(66,20-26-11-7-4-8-12-26)38(62)32(22-52)72-46(44,70)48-34(58)18-30(56)36(60)24(2)54/h3-16,23-24,29-32,35-38,51-56,59-62,65-70H,17-22H2,1-2H3,(H,47,57)(H,48,58)(H,49,63)(H,50,64)/t23-,24-,29-,30-,31-,32-,35-,36-,37-,38-,41+,42+,43-,44-,45-,46-/m1/s1/i1D,2D. The highest BCUT2D eigenvalue weighted by Gasteiger charge is 2.75. The number of ether oxygens (including phenoxy) is 2. The Kier molecular flexibility index (Phi) is 17.1. The molecule has 0 radical (unpaired) electrons. The van der Waals surface area contributed by atoms with Gasteiger partial charge in [0, 0.05) is 26.7 Å². The lowest BCUT2D eigenvalue weighted by Gasteiger charge is -2.58. The molecule has 0 saturated carbocycles. The van der Waals surface area contributed by atoms with Crippen LogP contribution in [-0.4, -0.2) is 214 Å². The maximum absolute atomic E-state index is 14.1. The van der Waals surface area contributed by atoms with Crippen LogP contribution in [0.1, 0.15) is 61.2 Å². The molecule has 26 heteroatoms. The largest absolute Gasteiger partial charge is 0.394 e. The van der Waals surface area contributed by atoms with Crippen LogP contribution in [0.4, 0.5) is 0 Å². The number of rotatable bonds is 20. The normalized spacial score (nSPS) is 33.4. The van der Waals surface area contributed by atoms with Crippen LogP contribution >= 0.6 is 0 Å². The molecule has 2 aliphatic rings. The van der Waals surface area contributed by atoms with Crippen molar-refractivity contribution in [3.8, 4) is 0 Å². The third-order valence-electron chi connectivity index (χ3n) is 12.5. The Morgan fingerprint density at radius 2 is 0.861 bits per heavy atom. The van der Waals surface area contributed by atoms with Crippen molar-refractivity contribution in [1.29, 1.82) is 0 Å². The van der Waals surface area contributed by atoms with E-state index in [1.165, 1.54) is 48.5 Å². The third kappa shape index (κ3) is 11.3. The van der Waals surface area contributed by atoms with Crippen molar-refractivity contribution in [3.05, 3.63) is 107 Å². The second-order valence-corrected chi connectivity index (χ2v) is 17.7. The van der Waals surface area contributed by atoms with Crippen molar-refractivity contribution in [2.75, 3.05) is 13.2 Å². The zero-order chi connectivity index (χ0) is 55.2. The zero-order valence-electron chi connectivity index (χ0n) is 40.1. The number of hydrogen-bond acceptors (Lipinski definition) is 22. The number of benzene rings is 3. The second-order valence-electron chi connectivity index (χ2n) is 17.7. The topological polar surface area (TPSA) is 459 Å². The molecule has 3 aromatic rings. The van der Waals surface area contributed by atoms with Crippen LogP contribution in [0.25, 0.3) is 0 Å². The molecule has 2 saturated heterocycles. The van der Waals surface area contributed by atoms with E-state index in [-0.39, 0.29) is 11.1 Å². The summed E-state index contributed by atoms with van der Waals surface area (Å²) < 4.78 is 25.2. The number of carbonyl (C=O) groups excluding carboxylic acids is 4. The lowest BCUT2D eigenvalue weighted by Crippen LogP contribution is -2.88. The summed E-state index contributed by atoms with van der Waals surface area (Å²) in [4.78, 5) is 54.9. The average molecular weight is 1030 g/mol. The second kappa shape index (κ2) is 22.5. The number of aliphatic hydroxyl groups excluding tert-OH is 10. The molecule has 0 spiro atoms. The Labute approximate surface area is 412 Å². The van der Waals surface area contributed by atoms with E-state index >= 15 is 0 Å². The molecule has 72 heavy (non-hydrogen) atoms. The molecule has 5 rings (SSSR count). The molecule has 26 nitrogen and oxygen atoms in total. The number of nitrogens with one attached hydrogen (secondary N) is 4. The Bertz CT molecular complexity index is 2230. The van der Waals surface area contributed by atoms with Crippen LogP contribution in [0.15, 0.2) is 84.9 Å². The maximum atomic E-state index is 14.1. The monoisotopic (exact) mass is 1020 g/mol. The molecule has 2 fully saturated rings. The fourth-order valence-electron chi connectivity index (χ4n) is 8.41. The van der Waals surface area contributed by atoms with E-state index in [0.717, 1.165) is 24.3 Å². The summed E-state index contributed by atoms with van der Waals surface area (Å²) >= 11 is 0. The summed E-state index contributed by atoms with van der Waals surface area (Å²) in [7, 11) is 0. The fraction of sp³-hybridized carbons (Fsp3) is 0.522. The SMILES string of the molecule is [2H]C[C@@H](O)[C@@H](O)[C@H](O)CC(=O)N[C@]1(O)O[C@H](CO)[C@@H](O)[C@@](O)(Cc2ccccc2)[C@]1(O)NC(=O)c1ccc(C(=O)N[C@]2(O)[C@](O)(NC(=O)C[C@@H](O)[C@H](O)[C@H](O)C[2H])O[C@H](CO)[C@@H](O)[C@@]2(O)Cc2ccccc2)cc1. The van der Waals surface area contributed by atoms with Gasteiger partial charge in [-0.1, -0.05) is 60.7 Å². The Morgan fingerprint density at radius 1 is 0.542 bits per heavy atom. The summed E-state index contributed by atoms with van der Waals surface area (Å²) in [6.45, 7) is -4.04. The van der Waals surface area contributed by atoms with Crippen molar-refractivity contribution in [2.24, 2.45) is 0 Å². The van der Waals surface area contributed by atoms with E-state index in [1.807, 2.05) is 10.6 Å². The first-order valence-electron chi connectivity index (χ1n) is 23.4. The lowest BCUT2D eigenvalue weighted by atomic mass is 9.73. The van der Waals surface area contributed by atoms with E-state index in [4.69, 9.17) is 12.2 Å². The minimum absolute atomic E-state index is 0.121. The highest BCUT2D eigenvalue weighted by molar-refractivity contribution is 5.98. The predicted octanol–water partition coefficient (Wildman–Crippen LogP) is -7.52. The first-order valence-corrected chi connectivity index (χ1v) is 22.0. The minimum atomic E-state index is -3.79. The molecule has 0 aromatic heterocycles. The van der Waals surface area contributed by atoms with Gasteiger partial charge in [-0.05, 0) is 49.2 Å². The van der Waals surface area contributed by atoms with Crippen LogP contribution in [-0.2, 0) is 31.9 Å². The van der Waals surface area contributed by atoms with Gasteiger partial charge >= 0.3 is 11.8 Å². The molecule has 16 atom stereocenters. The van der Waals surface area contributed by atoms with Gasteiger partial charge in [0.2, 0.25) is 23.3 Å². The van der Waals surface area contributed by atoms with E-state index in [9.17, 15) is 101 Å². The van der Waals surface area contributed by atoms with E-state index < -0.39 is 183 Å². The summed E-state index contributed by atoms with van der Waals surface area (Å²) in [5.74, 6) is -13.5. The van der Waals surface area contributed by atoms with Crippen molar-refractivity contribution in [2.45, 2.75) is 135 Å². The van der Waals surface area contributed by atoms with Crippen molar-refractivity contribution in [3.63, 3.8) is 0 Å². The Hall–Kier alpha value is -5.18. The molecule has 2 heterocycles. The van der Waals surface area contributed by atoms with E-state index in [2.05, 4.69) is 0 Å². The zero-order valence-corrected chi connectivity index (χ0v) is 38.1. The number of amides is 4. The van der Waals surface area contributed by atoms with Gasteiger partial charge in [0.05, 0.1) is 50.5 Å². The van der Waals surface area contributed by atoms with Gasteiger partial charge in [0.25, 0.3) is 11.8 Å². The van der Waals surface area contributed by atoms with Crippen LogP contribution in [0, 0.1) is 0 Å². The first kappa shape index (κ1) is 54.6. The van der Waals surface area contributed by atoms with Crippen LogP contribution in [0.5, 0.6) is 0 Å². The van der Waals surface area contributed by atoms with Gasteiger partial charge in [-0.15, -0.1) is 0 Å². The Balaban J connectivity index is 1.52. The van der Waals surface area contributed by atoms with Crippen LogP contribution < -0.4 is 21.3 Å². The van der Waals surface area contributed by atoms with Crippen LogP contribution in [0.3, 0.4) is 0 Å². The third-order valence-corrected chi connectivity index (χ3v) is 12.5. The highest BCUT2D eigenvalue weighted by Crippen LogP contribution is 2.45. The van der Waals surface area contributed by atoms with Crippen molar-refractivity contribution in [1.82, 2.24) is 21.3 Å². The molecule has 3 aromatic carbocycles. The number of aliphatic hydroxyl groups is 16. The smallest absolute Gasteiger partial charge is 0.303 e. The highest BCUT2D eigenvalue weighted by atomic mass is 16.7. The van der Waals surface area contributed by atoms with Gasteiger partial charge in [0.15, 0.2) is 11.2 Å². The minimum Gasteiger partial charge on any atom is -0.394 e. The van der Waals surface area contributed by atoms with E-state index in [1.54, 1.807) is 22.8 Å². The maximum Gasteiger partial charge on any atom is 0.303 e. The lowest BCUT2D eigenvalue weighted by molar-refractivity contribution is -0.428. The predicted molar refractivity (Wildman–Crippen MR) is 240 cm³/mol. The van der Waals surface area contributed by atoms with Gasteiger partial charge in [-0.2, -0.15) is 0 Å². The quantitative estimate of drug-likeness (QED) is 0.0468. The Morgan fingerprint density at radius 3 is 1.15 bits per heavy atom. The molecule has 0 aliphatic carbocycles. The molecular weight excluding hydrogens is 961 g/mol. The first-order chi connectivity index (χ1) is 34.6. The fourth-order valence-corrected chi connectivity index (χ4v) is 8.41. The van der Waals surface area contributed by atoms with Gasteiger partial charge in [0.1, 0.15) is 36.6 Å².